The highest BCUT2D eigenvalue weighted by molar-refractivity contribution is 9.10. The molecule has 0 saturated carbocycles. The minimum Gasteiger partial charge on any atom is -0.382 e. The smallest absolute Gasteiger partial charge is 0.0916 e. The number of methoxy groups -OCH3 is 1. The van der Waals surface area contributed by atoms with Gasteiger partial charge in [-0.05, 0) is 29.3 Å². The Morgan fingerprint density at radius 1 is 1.35 bits per heavy atom. The van der Waals surface area contributed by atoms with E-state index in [0.717, 1.165) is 28.8 Å². The summed E-state index contributed by atoms with van der Waals surface area (Å²) in [5.41, 5.74) is 5.12. The summed E-state index contributed by atoms with van der Waals surface area (Å²) < 4.78 is 7.95. The number of nitrogens with zero attached hydrogens (tertiary/aromatic N) is 2. The highest BCUT2D eigenvalue weighted by atomic mass is 79.9. The van der Waals surface area contributed by atoms with Crippen molar-refractivity contribution < 1.29 is 9.57 Å². The van der Waals surface area contributed by atoms with Gasteiger partial charge in [-0.15, -0.1) is 0 Å². The van der Waals surface area contributed by atoms with Crippen LogP contribution in [0.1, 0.15) is 25.2 Å². The lowest BCUT2D eigenvalue weighted by Crippen LogP contribution is -2.19. The standard InChI is InChI=1S/C11H20BrN3O2/c1-4-9-11(12)10(15(5-2)14-9)8-13-17-7-6-16-3/h13H,4-8H2,1-3H3. The van der Waals surface area contributed by atoms with Crippen LogP contribution in [0.3, 0.4) is 0 Å². The Morgan fingerprint density at radius 2 is 2.12 bits per heavy atom. The summed E-state index contributed by atoms with van der Waals surface area (Å²) in [6.07, 6.45) is 0.922. The van der Waals surface area contributed by atoms with Crippen molar-refractivity contribution in [2.45, 2.75) is 33.4 Å². The van der Waals surface area contributed by atoms with E-state index >= 15 is 0 Å². The fourth-order valence-corrected chi connectivity index (χ4v) is 2.21. The van der Waals surface area contributed by atoms with Crippen LogP contribution in [-0.2, 0) is 29.1 Å². The van der Waals surface area contributed by atoms with Crippen molar-refractivity contribution in [3.63, 3.8) is 0 Å². The lowest BCUT2D eigenvalue weighted by Gasteiger charge is -2.07. The molecular weight excluding hydrogens is 286 g/mol. The minimum absolute atomic E-state index is 0.537. The number of rotatable bonds is 8. The molecule has 1 rings (SSSR count). The fourth-order valence-electron chi connectivity index (χ4n) is 1.50. The van der Waals surface area contributed by atoms with Gasteiger partial charge in [0.1, 0.15) is 0 Å². The quantitative estimate of drug-likeness (QED) is 0.589. The number of halogens is 1. The second-order valence-electron chi connectivity index (χ2n) is 3.54. The average Bonchev–Trinajstić information content (AvgIpc) is 2.65. The lowest BCUT2D eigenvalue weighted by atomic mass is 10.3. The summed E-state index contributed by atoms with van der Waals surface area (Å²) in [4.78, 5) is 5.24. The van der Waals surface area contributed by atoms with E-state index in [1.807, 2.05) is 4.68 Å². The summed E-state index contributed by atoms with van der Waals surface area (Å²) in [6, 6.07) is 0. The average molecular weight is 306 g/mol. The van der Waals surface area contributed by atoms with Gasteiger partial charge in [-0.25, -0.2) is 0 Å². The molecule has 1 heterocycles. The van der Waals surface area contributed by atoms with Crippen LogP contribution >= 0.6 is 15.9 Å². The SMILES string of the molecule is CCc1nn(CC)c(CNOCCOC)c1Br. The van der Waals surface area contributed by atoms with Crippen molar-refractivity contribution >= 4 is 15.9 Å². The lowest BCUT2D eigenvalue weighted by molar-refractivity contribution is 0.00240. The van der Waals surface area contributed by atoms with Crippen LogP contribution in [0, 0.1) is 0 Å². The molecule has 1 aromatic rings. The van der Waals surface area contributed by atoms with Gasteiger partial charge in [-0.2, -0.15) is 10.6 Å². The third-order valence-corrected chi connectivity index (χ3v) is 3.34. The van der Waals surface area contributed by atoms with Gasteiger partial charge in [-0.1, -0.05) is 6.92 Å². The van der Waals surface area contributed by atoms with Crippen LogP contribution in [0.4, 0.5) is 0 Å². The molecule has 0 aliphatic rings. The first-order valence-electron chi connectivity index (χ1n) is 5.82. The Bertz CT molecular complexity index is 342. The number of hydrogen-bond acceptors (Lipinski definition) is 4. The van der Waals surface area contributed by atoms with E-state index in [4.69, 9.17) is 9.57 Å². The number of nitrogens with one attached hydrogen (secondary N) is 1. The summed E-state index contributed by atoms with van der Waals surface area (Å²) in [6.45, 7) is 6.78. The van der Waals surface area contributed by atoms with Gasteiger partial charge < -0.3 is 4.74 Å². The summed E-state index contributed by atoms with van der Waals surface area (Å²) in [5, 5.41) is 4.51. The van der Waals surface area contributed by atoms with Crippen LogP contribution in [0.25, 0.3) is 0 Å². The normalized spacial score (nSPS) is 11.1. The maximum absolute atomic E-state index is 5.24. The highest BCUT2D eigenvalue weighted by Gasteiger charge is 2.13. The number of hydroxylamine groups is 1. The number of hydrogen-bond donors (Lipinski definition) is 1. The molecule has 0 amide bonds. The Labute approximate surface area is 111 Å². The third-order valence-electron chi connectivity index (χ3n) is 2.43. The molecule has 98 valence electrons. The number of ether oxygens (including phenoxy) is 1. The van der Waals surface area contributed by atoms with E-state index in [2.05, 4.69) is 40.4 Å². The van der Waals surface area contributed by atoms with Crippen molar-refractivity contribution in [1.29, 1.82) is 0 Å². The van der Waals surface area contributed by atoms with Gasteiger partial charge in [0.2, 0.25) is 0 Å². The van der Waals surface area contributed by atoms with Crippen molar-refractivity contribution in [3.05, 3.63) is 15.9 Å². The second-order valence-corrected chi connectivity index (χ2v) is 4.33. The van der Waals surface area contributed by atoms with Gasteiger partial charge >= 0.3 is 0 Å². The maximum Gasteiger partial charge on any atom is 0.0916 e. The molecule has 0 fully saturated rings. The van der Waals surface area contributed by atoms with Crippen LogP contribution in [0.15, 0.2) is 4.47 Å². The molecule has 0 aliphatic carbocycles. The summed E-state index contributed by atoms with van der Waals surface area (Å²) >= 11 is 3.58. The Kier molecular flexibility index (Phi) is 6.72. The molecule has 0 aliphatic heterocycles. The summed E-state index contributed by atoms with van der Waals surface area (Å²) in [5.74, 6) is 0. The predicted molar refractivity (Wildman–Crippen MR) is 69.6 cm³/mol. The molecule has 17 heavy (non-hydrogen) atoms. The molecule has 0 unspecified atom stereocenters. The van der Waals surface area contributed by atoms with Crippen molar-refractivity contribution in [3.8, 4) is 0 Å². The minimum atomic E-state index is 0.537. The van der Waals surface area contributed by atoms with Crippen molar-refractivity contribution in [2.75, 3.05) is 20.3 Å². The largest absolute Gasteiger partial charge is 0.382 e. The Hall–Kier alpha value is -0.430. The first-order chi connectivity index (χ1) is 8.24. The number of aromatic nitrogens is 2. The summed E-state index contributed by atoms with van der Waals surface area (Å²) in [7, 11) is 1.65. The van der Waals surface area contributed by atoms with Crippen LogP contribution in [-0.4, -0.2) is 30.1 Å². The predicted octanol–water partition coefficient (Wildman–Crippen LogP) is 1.90. The van der Waals surface area contributed by atoms with Gasteiger partial charge in [0.05, 0.1) is 35.6 Å². The first kappa shape index (κ1) is 14.6. The van der Waals surface area contributed by atoms with E-state index in [1.165, 1.54) is 0 Å². The molecule has 5 nitrogen and oxygen atoms in total. The van der Waals surface area contributed by atoms with E-state index in [9.17, 15) is 0 Å². The first-order valence-corrected chi connectivity index (χ1v) is 6.61. The van der Waals surface area contributed by atoms with Gasteiger partial charge in [0.15, 0.2) is 0 Å². The zero-order valence-corrected chi connectivity index (χ0v) is 12.2. The van der Waals surface area contributed by atoms with E-state index in [0.29, 0.717) is 19.8 Å². The molecule has 6 heteroatoms. The molecular formula is C11H20BrN3O2. The fraction of sp³-hybridized carbons (Fsp3) is 0.727. The van der Waals surface area contributed by atoms with E-state index < -0.39 is 0 Å². The maximum atomic E-state index is 5.24. The van der Waals surface area contributed by atoms with Crippen molar-refractivity contribution in [1.82, 2.24) is 15.3 Å². The van der Waals surface area contributed by atoms with Crippen LogP contribution in [0.2, 0.25) is 0 Å². The zero-order chi connectivity index (χ0) is 12.7. The van der Waals surface area contributed by atoms with Crippen LogP contribution in [0.5, 0.6) is 0 Å². The molecule has 1 aromatic heterocycles. The molecule has 0 aromatic carbocycles. The number of aryl methyl sites for hydroxylation is 2. The zero-order valence-electron chi connectivity index (χ0n) is 10.6. The molecule has 0 bridgehead atoms. The second kappa shape index (κ2) is 7.81. The molecule has 0 saturated heterocycles. The monoisotopic (exact) mass is 305 g/mol. The van der Waals surface area contributed by atoms with Gasteiger partial charge in [-0.3, -0.25) is 9.52 Å². The topological polar surface area (TPSA) is 48.3 Å². The van der Waals surface area contributed by atoms with E-state index in [-0.39, 0.29) is 0 Å². The van der Waals surface area contributed by atoms with Crippen molar-refractivity contribution in [2.24, 2.45) is 0 Å². The molecule has 1 N–H and O–H groups in total. The highest BCUT2D eigenvalue weighted by Crippen LogP contribution is 2.22. The molecule has 0 atom stereocenters. The Balaban J connectivity index is 2.54. The molecule has 0 spiro atoms. The van der Waals surface area contributed by atoms with Gasteiger partial charge in [0.25, 0.3) is 0 Å². The van der Waals surface area contributed by atoms with Crippen LogP contribution < -0.4 is 5.48 Å². The molecule has 0 radical (unpaired) electrons. The van der Waals surface area contributed by atoms with Gasteiger partial charge in [0, 0.05) is 13.7 Å². The third kappa shape index (κ3) is 4.06. The van der Waals surface area contributed by atoms with E-state index in [1.54, 1.807) is 7.11 Å². The Morgan fingerprint density at radius 3 is 2.71 bits per heavy atom.